The summed E-state index contributed by atoms with van der Waals surface area (Å²) in [5.41, 5.74) is 7.84. The predicted octanol–water partition coefficient (Wildman–Crippen LogP) is 6.09. The molecule has 0 aliphatic heterocycles. The van der Waals surface area contributed by atoms with E-state index in [9.17, 15) is 0 Å². The maximum Gasteiger partial charge on any atom is 0.142 e. The van der Waals surface area contributed by atoms with E-state index in [4.69, 9.17) is 34.2 Å². The number of benzene rings is 2. The minimum atomic E-state index is 0.452. The van der Waals surface area contributed by atoms with Crippen molar-refractivity contribution >= 4 is 5.69 Å². The monoisotopic (exact) mass is 531 g/mol. The molecule has 0 aliphatic carbocycles. The summed E-state index contributed by atoms with van der Waals surface area (Å²) in [5.74, 6) is 1.57. The SMILES string of the molecule is CCCCCCCCCc1ccc(OCCOCCOCCOCCOCCOc2ccccc2N)cc1. The highest BCUT2D eigenvalue weighted by atomic mass is 16.6. The van der Waals surface area contributed by atoms with E-state index in [2.05, 4.69) is 31.2 Å². The third kappa shape index (κ3) is 16.5. The lowest BCUT2D eigenvalue weighted by Gasteiger charge is -2.10. The molecule has 0 spiro atoms. The van der Waals surface area contributed by atoms with Crippen molar-refractivity contribution in [3.05, 3.63) is 54.1 Å². The Morgan fingerprint density at radius 2 is 1.03 bits per heavy atom. The van der Waals surface area contributed by atoms with E-state index in [1.54, 1.807) is 0 Å². The van der Waals surface area contributed by atoms with Crippen molar-refractivity contribution in [1.29, 1.82) is 0 Å². The number of aryl methyl sites for hydroxylation is 1. The van der Waals surface area contributed by atoms with Crippen molar-refractivity contribution in [1.82, 2.24) is 0 Å². The lowest BCUT2D eigenvalue weighted by molar-refractivity contribution is -0.00697. The molecular formula is C31H49NO6. The average Bonchev–Trinajstić information content (AvgIpc) is 2.94. The molecule has 0 amide bonds. The largest absolute Gasteiger partial charge is 0.491 e. The van der Waals surface area contributed by atoms with Gasteiger partial charge in [-0.3, -0.25) is 0 Å². The zero-order valence-corrected chi connectivity index (χ0v) is 23.4. The van der Waals surface area contributed by atoms with E-state index >= 15 is 0 Å². The number of para-hydroxylation sites is 2. The second-order valence-corrected chi connectivity index (χ2v) is 9.20. The molecule has 7 heteroatoms. The molecule has 0 aromatic heterocycles. The Kier molecular flexibility index (Phi) is 19.0. The van der Waals surface area contributed by atoms with Crippen LogP contribution in [0.4, 0.5) is 5.69 Å². The van der Waals surface area contributed by atoms with Crippen molar-refractivity contribution in [3.63, 3.8) is 0 Å². The van der Waals surface area contributed by atoms with Gasteiger partial charge >= 0.3 is 0 Å². The summed E-state index contributed by atoms with van der Waals surface area (Å²) in [6.07, 6.45) is 10.6. The number of unbranched alkanes of at least 4 members (excludes halogenated alkanes) is 6. The summed E-state index contributed by atoms with van der Waals surface area (Å²) in [6.45, 7) is 7.43. The van der Waals surface area contributed by atoms with Crippen LogP contribution in [0.2, 0.25) is 0 Å². The Balaban J connectivity index is 1.30. The maximum atomic E-state index is 5.82. The molecule has 2 N–H and O–H groups in total. The van der Waals surface area contributed by atoms with Crippen LogP contribution in [0.15, 0.2) is 48.5 Å². The number of hydrogen-bond acceptors (Lipinski definition) is 7. The quantitative estimate of drug-likeness (QED) is 0.123. The molecule has 2 aromatic carbocycles. The molecule has 0 heterocycles. The molecule has 0 radical (unpaired) electrons. The predicted molar refractivity (Wildman–Crippen MR) is 153 cm³/mol. The van der Waals surface area contributed by atoms with Gasteiger partial charge in [-0.15, -0.1) is 0 Å². The summed E-state index contributed by atoms with van der Waals surface area (Å²) in [7, 11) is 0. The molecular weight excluding hydrogens is 482 g/mol. The number of rotatable bonds is 25. The van der Waals surface area contributed by atoms with Gasteiger partial charge in [0.25, 0.3) is 0 Å². The molecule has 2 rings (SSSR count). The fourth-order valence-electron chi connectivity index (χ4n) is 3.84. The van der Waals surface area contributed by atoms with Gasteiger partial charge in [0.15, 0.2) is 0 Å². The van der Waals surface area contributed by atoms with Gasteiger partial charge in [0, 0.05) is 0 Å². The van der Waals surface area contributed by atoms with Crippen LogP contribution in [-0.4, -0.2) is 66.1 Å². The fraction of sp³-hybridized carbons (Fsp3) is 0.613. The van der Waals surface area contributed by atoms with Crippen LogP contribution >= 0.6 is 0 Å². The van der Waals surface area contributed by atoms with E-state index in [1.165, 1.54) is 50.5 Å². The Morgan fingerprint density at radius 3 is 1.61 bits per heavy atom. The Morgan fingerprint density at radius 1 is 0.526 bits per heavy atom. The first-order chi connectivity index (χ1) is 18.8. The first kappa shape index (κ1) is 31.9. The zero-order chi connectivity index (χ0) is 26.9. The number of ether oxygens (including phenoxy) is 6. The highest BCUT2D eigenvalue weighted by molar-refractivity contribution is 5.51. The number of hydrogen-bond donors (Lipinski definition) is 1. The average molecular weight is 532 g/mol. The van der Waals surface area contributed by atoms with Gasteiger partial charge in [0.2, 0.25) is 0 Å². The van der Waals surface area contributed by atoms with Crippen LogP contribution in [-0.2, 0) is 25.4 Å². The van der Waals surface area contributed by atoms with Crippen molar-refractivity contribution in [2.45, 2.75) is 58.3 Å². The Labute approximate surface area is 229 Å². The fourth-order valence-corrected chi connectivity index (χ4v) is 3.84. The first-order valence-corrected chi connectivity index (χ1v) is 14.3. The molecule has 0 aliphatic rings. The van der Waals surface area contributed by atoms with Crippen LogP contribution in [0.1, 0.15) is 57.4 Å². The Hall–Kier alpha value is -2.32. The van der Waals surface area contributed by atoms with Crippen molar-refractivity contribution in [2.75, 3.05) is 71.8 Å². The minimum absolute atomic E-state index is 0.452. The van der Waals surface area contributed by atoms with Gasteiger partial charge in [-0.2, -0.15) is 0 Å². The van der Waals surface area contributed by atoms with E-state index < -0.39 is 0 Å². The topological polar surface area (TPSA) is 81.4 Å². The smallest absolute Gasteiger partial charge is 0.142 e. The van der Waals surface area contributed by atoms with Crippen molar-refractivity contribution in [2.24, 2.45) is 0 Å². The van der Waals surface area contributed by atoms with E-state index in [0.717, 1.165) is 12.2 Å². The minimum Gasteiger partial charge on any atom is -0.491 e. The summed E-state index contributed by atoms with van der Waals surface area (Å²) in [6, 6.07) is 15.9. The normalized spacial score (nSPS) is 11.1. The van der Waals surface area contributed by atoms with Crippen molar-refractivity contribution < 1.29 is 28.4 Å². The van der Waals surface area contributed by atoms with Crippen LogP contribution in [0.5, 0.6) is 11.5 Å². The zero-order valence-electron chi connectivity index (χ0n) is 23.4. The van der Waals surface area contributed by atoms with E-state index in [-0.39, 0.29) is 0 Å². The molecule has 0 fully saturated rings. The van der Waals surface area contributed by atoms with Gasteiger partial charge in [-0.1, -0.05) is 69.7 Å². The maximum absolute atomic E-state index is 5.82. The molecule has 38 heavy (non-hydrogen) atoms. The molecule has 214 valence electrons. The van der Waals surface area contributed by atoms with Gasteiger partial charge in [0.05, 0.1) is 58.5 Å². The summed E-state index contributed by atoms with van der Waals surface area (Å²) in [4.78, 5) is 0. The van der Waals surface area contributed by atoms with Gasteiger partial charge in [0.1, 0.15) is 24.7 Å². The highest BCUT2D eigenvalue weighted by Gasteiger charge is 1.99. The highest BCUT2D eigenvalue weighted by Crippen LogP contribution is 2.19. The van der Waals surface area contributed by atoms with Crippen LogP contribution in [0.3, 0.4) is 0 Å². The van der Waals surface area contributed by atoms with Crippen LogP contribution in [0, 0.1) is 0 Å². The van der Waals surface area contributed by atoms with Gasteiger partial charge in [-0.25, -0.2) is 0 Å². The van der Waals surface area contributed by atoms with E-state index in [1.807, 2.05) is 24.3 Å². The first-order valence-electron chi connectivity index (χ1n) is 14.3. The lowest BCUT2D eigenvalue weighted by Crippen LogP contribution is -2.14. The van der Waals surface area contributed by atoms with E-state index in [0.29, 0.717) is 77.5 Å². The molecule has 0 unspecified atom stereocenters. The second kappa shape index (κ2) is 22.6. The van der Waals surface area contributed by atoms with Crippen LogP contribution < -0.4 is 15.2 Å². The summed E-state index contributed by atoms with van der Waals surface area (Å²) < 4.78 is 33.4. The summed E-state index contributed by atoms with van der Waals surface area (Å²) in [5, 5.41) is 0. The lowest BCUT2D eigenvalue weighted by atomic mass is 10.0. The Bertz CT molecular complexity index is 801. The molecule has 0 atom stereocenters. The molecule has 0 saturated heterocycles. The second-order valence-electron chi connectivity index (χ2n) is 9.20. The third-order valence-corrected chi connectivity index (χ3v) is 6.01. The number of anilines is 1. The number of nitrogens with two attached hydrogens (primary N) is 1. The molecule has 0 saturated carbocycles. The number of nitrogen functional groups attached to an aromatic ring is 1. The third-order valence-electron chi connectivity index (χ3n) is 6.01. The van der Waals surface area contributed by atoms with Crippen molar-refractivity contribution in [3.8, 4) is 11.5 Å². The van der Waals surface area contributed by atoms with Gasteiger partial charge < -0.3 is 34.2 Å². The molecule has 2 aromatic rings. The van der Waals surface area contributed by atoms with Crippen LogP contribution in [0.25, 0.3) is 0 Å². The standard InChI is InChI=1S/C31H49NO6/c1-2-3-4-5-6-7-8-11-28-14-16-29(17-15-28)37-26-24-35-22-20-33-18-19-34-21-23-36-25-27-38-31-13-10-9-12-30(31)32/h9-10,12-17H,2-8,11,18-27,32H2,1H3. The molecule has 7 nitrogen and oxygen atoms in total. The molecule has 0 bridgehead atoms. The summed E-state index contributed by atoms with van der Waals surface area (Å²) >= 11 is 0. The van der Waals surface area contributed by atoms with Gasteiger partial charge in [-0.05, 0) is 42.7 Å².